The highest BCUT2D eigenvalue weighted by atomic mass is 19.4. The van der Waals surface area contributed by atoms with Crippen molar-refractivity contribution in [2.75, 3.05) is 13.1 Å². The third-order valence-electron chi connectivity index (χ3n) is 6.24. The van der Waals surface area contributed by atoms with Crippen LogP contribution in [-0.2, 0) is 17.4 Å². The molecule has 5 nitrogen and oxygen atoms in total. The van der Waals surface area contributed by atoms with E-state index in [1.165, 1.54) is 35.2 Å². The van der Waals surface area contributed by atoms with Crippen LogP contribution in [0.1, 0.15) is 40.9 Å². The summed E-state index contributed by atoms with van der Waals surface area (Å²) >= 11 is 0. The maximum absolute atomic E-state index is 13.8. The summed E-state index contributed by atoms with van der Waals surface area (Å²) < 4.78 is 73.7. The van der Waals surface area contributed by atoms with Gasteiger partial charge in [-0.3, -0.25) is 9.59 Å². The highest BCUT2D eigenvalue weighted by Crippen LogP contribution is 2.40. The Morgan fingerprint density at radius 2 is 1.67 bits per heavy atom. The van der Waals surface area contributed by atoms with Gasteiger partial charge in [-0.25, -0.2) is 8.78 Å². The number of alkyl halides is 5. The van der Waals surface area contributed by atoms with Gasteiger partial charge in [0, 0.05) is 48.9 Å². The lowest BCUT2D eigenvalue weighted by Gasteiger charge is -2.31. The Morgan fingerprint density at radius 3 is 2.25 bits per heavy atom. The van der Waals surface area contributed by atoms with E-state index in [1.807, 2.05) is 0 Å². The molecule has 0 radical (unpaired) electrons. The van der Waals surface area contributed by atoms with Gasteiger partial charge in [0.05, 0.1) is 5.56 Å². The van der Waals surface area contributed by atoms with Gasteiger partial charge >= 0.3 is 6.18 Å². The van der Waals surface area contributed by atoms with E-state index >= 15 is 0 Å². The monoisotopic (exact) mass is 506 g/mol. The minimum atomic E-state index is -4.69. The normalized spacial score (nSPS) is 15.8. The third kappa shape index (κ3) is 5.42. The fourth-order valence-electron chi connectivity index (χ4n) is 4.13. The lowest BCUT2D eigenvalue weighted by molar-refractivity contribution is -0.136. The zero-order valence-electron chi connectivity index (χ0n) is 19.1. The van der Waals surface area contributed by atoms with Crippen LogP contribution in [0.25, 0.3) is 22.1 Å². The van der Waals surface area contributed by atoms with Gasteiger partial charge < -0.3 is 15.1 Å². The first-order chi connectivity index (χ1) is 16.8. The number of nitrogens with zero attached hydrogens (tertiary/aromatic N) is 1. The average Bonchev–Trinajstić information content (AvgIpc) is 3.23. The molecule has 0 atom stereocenters. The fourth-order valence-corrected chi connectivity index (χ4v) is 4.13. The molecule has 2 amide bonds. The first-order valence-corrected chi connectivity index (χ1v) is 11.2. The molecular weight excluding hydrogens is 483 g/mol. The maximum atomic E-state index is 13.8. The number of aryl methyl sites for hydroxylation is 1. The smallest absolute Gasteiger partial charge is 0.420 e. The molecule has 1 aliphatic rings. The molecule has 0 aliphatic carbocycles. The molecule has 0 saturated carbocycles. The van der Waals surface area contributed by atoms with Crippen molar-refractivity contribution in [2.24, 2.45) is 5.73 Å². The zero-order valence-corrected chi connectivity index (χ0v) is 19.1. The van der Waals surface area contributed by atoms with E-state index in [0.717, 1.165) is 6.07 Å². The van der Waals surface area contributed by atoms with Crippen LogP contribution in [0.3, 0.4) is 0 Å². The number of carbonyl (C=O) groups is 2. The second kappa shape index (κ2) is 9.40. The largest absolute Gasteiger partial charge is 0.460 e. The standard InChI is InChI=1S/C26H23F5N2O3/c1-15(23(32)34)2-7-20-13-19-12-18(14-21(22(19)36-20)26(29,30)31)16-3-5-17(6-4-16)24(35)33-10-8-25(27,28)9-11-33/h3-6,12-14H,1-2,7-11H2,(H2,32,34). The molecule has 1 saturated heterocycles. The molecule has 10 heteroatoms. The Bertz CT molecular complexity index is 1320. The van der Waals surface area contributed by atoms with Gasteiger partial charge in [-0.2, -0.15) is 13.2 Å². The van der Waals surface area contributed by atoms with Crippen LogP contribution in [0.4, 0.5) is 22.0 Å². The van der Waals surface area contributed by atoms with E-state index in [9.17, 15) is 31.5 Å². The average molecular weight is 506 g/mol. The number of likely N-dealkylation sites (tertiary alicyclic amines) is 1. The predicted molar refractivity (Wildman–Crippen MR) is 123 cm³/mol. The number of nitrogens with two attached hydrogens (primary N) is 1. The minimum absolute atomic E-state index is 0.0607. The number of rotatable bonds is 6. The van der Waals surface area contributed by atoms with Crippen LogP contribution >= 0.6 is 0 Å². The molecule has 4 rings (SSSR count). The topological polar surface area (TPSA) is 76.5 Å². The highest BCUT2D eigenvalue weighted by Gasteiger charge is 2.36. The van der Waals surface area contributed by atoms with Gasteiger partial charge in [-0.15, -0.1) is 0 Å². The summed E-state index contributed by atoms with van der Waals surface area (Å²) in [6.07, 6.45) is -5.19. The number of halogens is 5. The van der Waals surface area contributed by atoms with E-state index < -0.39 is 42.3 Å². The van der Waals surface area contributed by atoms with E-state index in [-0.39, 0.29) is 59.4 Å². The fraction of sp³-hybridized carbons (Fsp3) is 0.308. The Hall–Kier alpha value is -3.69. The Morgan fingerprint density at radius 1 is 1.03 bits per heavy atom. The maximum Gasteiger partial charge on any atom is 0.420 e. The van der Waals surface area contributed by atoms with Crippen LogP contribution in [0, 0.1) is 0 Å². The van der Waals surface area contributed by atoms with E-state index in [4.69, 9.17) is 10.2 Å². The van der Waals surface area contributed by atoms with Crippen molar-refractivity contribution in [3.63, 3.8) is 0 Å². The number of benzene rings is 2. The Labute approximate surface area is 203 Å². The molecule has 2 aromatic carbocycles. The molecule has 190 valence electrons. The number of primary amides is 1. The van der Waals surface area contributed by atoms with E-state index in [2.05, 4.69) is 6.58 Å². The lowest BCUT2D eigenvalue weighted by atomic mass is 9.98. The first kappa shape index (κ1) is 25.4. The van der Waals surface area contributed by atoms with Gasteiger partial charge in [0.25, 0.3) is 11.8 Å². The minimum Gasteiger partial charge on any atom is -0.460 e. The van der Waals surface area contributed by atoms with E-state index in [1.54, 1.807) is 6.07 Å². The predicted octanol–water partition coefficient (Wildman–Crippen LogP) is 5.96. The Balaban J connectivity index is 1.61. The molecule has 2 N–H and O–H groups in total. The SMILES string of the molecule is C=C(CCc1cc2cc(-c3ccc(C(=O)N4CCC(F)(F)CC4)cc3)cc(C(F)(F)F)c2o1)C(N)=O. The quantitative estimate of drug-likeness (QED) is 0.331. The van der Waals surface area contributed by atoms with Gasteiger partial charge in [0.2, 0.25) is 5.91 Å². The lowest BCUT2D eigenvalue weighted by Crippen LogP contribution is -2.42. The number of fused-ring (bicyclic) bond motifs is 1. The van der Waals surface area contributed by atoms with Crippen molar-refractivity contribution in [3.05, 3.63) is 71.5 Å². The summed E-state index contributed by atoms with van der Waals surface area (Å²) in [6.45, 7) is 3.41. The van der Waals surface area contributed by atoms with Crippen molar-refractivity contribution in [1.82, 2.24) is 4.90 Å². The number of carbonyl (C=O) groups excluding carboxylic acids is 2. The molecule has 2 heterocycles. The number of hydrogen-bond acceptors (Lipinski definition) is 3. The number of furan rings is 1. The van der Waals surface area contributed by atoms with Crippen molar-refractivity contribution in [1.29, 1.82) is 0 Å². The molecular formula is C26H23F5N2O3. The van der Waals surface area contributed by atoms with Crippen molar-refractivity contribution in [3.8, 4) is 11.1 Å². The van der Waals surface area contributed by atoms with Crippen molar-refractivity contribution in [2.45, 2.75) is 37.8 Å². The van der Waals surface area contributed by atoms with Gasteiger partial charge in [-0.1, -0.05) is 18.7 Å². The molecule has 1 aliphatic heterocycles. The summed E-state index contributed by atoms with van der Waals surface area (Å²) in [4.78, 5) is 25.2. The number of hydrogen-bond donors (Lipinski definition) is 1. The van der Waals surface area contributed by atoms with Gasteiger partial charge in [0.1, 0.15) is 11.3 Å². The summed E-state index contributed by atoms with van der Waals surface area (Å²) in [5.74, 6) is -3.62. The highest BCUT2D eigenvalue weighted by molar-refractivity contribution is 5.95. The van der Waals surface area contributed by atoms with Crippen LogP contribution in [0.5, 0.6) is 0 Å². The number of amides is 2. The molecule has 0 spiro atoms. The molecule has 1 fully saturated rings. The Kier molecular flexibility index (Phi) is 6.64. The van der Waals surface area contributed by atoms with Crippen LogP contribution < -0.4 is 5.73 Å². The van der Waals surface area contributed by atoms with Crippen molar-refractivity contribution >= 4 is 22.8 Å². The number of piperidine rings is 1. The second-order valence-corrected chi connectivity index (χ2v) is 8.85. The third-order valence-corrected chi connectivity index (χ3v) is 6.24. The van der Waals surface area contributed by atoms with Gasteiger partial charge in [0.15, 0.2) is 0 Å². The molecule has 0 unspecified atom stereocenters. The summed E-state index contributed by atoms with van der Waals surface area (Å²) in [6, 6.07) is 9.98. The zero-order chi connectivity index (χ0) is 26.3. The molecule has 36 heavy (non-hydrogen) atoms. The summed E-state index contributed by atoms with van der Waals surface area (Å²) in [5, 5.41) is 0.230. The van der Waals surface area contributed by atoms with Crippen molar-refractivity contribution < 1.29 is 36.0 Å². The molecule has 3 aromatic rings. The summed E-state index contributed by atoms with van der Waals surface area (Å²) in [5.41, 5.74) is 4.98. The van der Waals surface area contributed by atoms with E-state index in [0.29, 0.717) is 5.56 Å². The van der Waals surface area contributed by atoms with Crippen LogP contribution in [0.15, 0.2) is 59.0 Å². The summed E-state index contributed by atoms with van der Waals surface area (Å²) in [7, 11) is 0. The van der Waals surface area contributed by atoms with Gasteiger partial charge in [-0.05, 0) is 47.9 Å². The second-order valence-electron chi connectivity index (χ2n) is 8.85. The first-order valence-electron chi connectivity index (χ1n) is 11.2. The molecule has 0 bridgehead atoms. The van der Waals surface area contributed by atoms with Crippen LogP contribution in [-0.4, -0.2) is 35.7 Å². The molecule has 1 aromatic heterocycles. The van der Waals surface area contributed by atoms with Crippen LogP contribution in [0.2, 0.25) is 0 Å².